The summed E-state index contributed by atoms with van der Waals surface area (Å²) in [6.07, 6.45) is 0.251. The number of carboxylic acids is 1. The summed E-state index contributed by atoms with van der Waals surface area (Å²) in [6, 6.07) is 5.66. The number of rotatable bonds is 10. The van der Waals surface area contributed by atoms with E-state index in [1.165, 1.54) is 0 Å². The minimum absolute atomic E-state index is 0.0218. The molecule has 0 bridgehead atoms. The summed E-state index contributed by atoms with van der Waals surface area (Å²) >= 11 is 0. The van der Waals surface area contributed by atoms with E-state index in [9.17, 15) is 19.5 Å². The molecule has 158 valence electrons. The van der Waals surface area contributed by atoms with Crippen molar-refractivity contribution in [3.63, 3.8) is 0 Å². The Bertz CT molecular complexity index is 768. The molecule has 0 aromatic heterocycles. The van der Waals surface area contributed by atoms with E-state index in [4.69, 9.17) is 15.0 Å². The number of ether oxygens (including phenoxy) is 2. The zero-order valence-electron chi connectivity index (χ0n) is 16.8. The molecule has 1 aromatic carbocycles. The number of amides is 1. The van der Waals surface area contributed by atoms with Crippen molar-refractivity contribution in [2.75, 3.05) is 0 Å². The highest BCUT2D eigenvalue weighted by atomic mass is 16.6. The van der Waals surface area contributed by atoms with E-state index in [0.717, 1.165) is 0 Å². The molecular formula is C19H26N4O6. The lowest BCUT2D eigenvalue weighted by Gasteiger charge is -2.22. The van der Waals surface area contributed by atoms with E-state index in [1.54, 1.807) is 45.0 Å². The zero-order chi connectivity index (χ0) is 21.9. The van der Waals surface area contributed by atoms with E-state index < -0.39 is 29.7 Å². The van der Waals surface area contributed by atoms with Crippen LogP contribution in [0.1, 0.15) is 52.0 Å². The van der Waals surface area contributed by atoms with E-state index in [1.807, 2.05) is 0 Å². The molecule has 0 aliphatic heterocycles. The Morgan fingerprint density at radius 3 is 2.55 bits per heavy atom. The van der Waals surface area contributed by atoms with Gasteiger partial charge < -0.3 is 19.9 Å². The molecule has 0 aliphatic carbocycles. The van der Waals surface area contributed by atoms with E-state index in [-0.39, 0.29) is 19.4 Å². The van der Waals surface area contributed by atoms with Gasteiger partial charge in [0.05, 0.1) is 0 Å². The van der Waals surface area contributed by atoms with Crippen LogP contribution in [0.2, 0.25) is 0 Å². The van der Waals surface area contributed by atoms with Crippen LogP contribution in [0.4, 0.5) is 10.5 Å². The van der Waals surface area contributed by atoms with E-state index in [2.05, 4.69) is 15.3 Å². The third-order valence-corrected chi connectivity index (χ3v) is 3.65. The van der Waals surface area contributed by atoms with Gasteiger partial charge >= 0.3 is 18.0 Å². The van der Waals surface area contributed by atoms with Crippen molar-refractivity contribution in [2.24, 2.45) is 5.11 Å². The van der Waals surface area contributed by atoms with Crippen LogP contribution in [0.5, 0.6) is 0 Å². The van der Waals surface area contributed by atoms with Crippen LogP contribution in [0, 0.1) is 0 Å². The van der Waals surface area contributed by atoms with Crippen LogP contribution in [0.25, 0.3) is 10.4 Å². The molecule has 29 heavy (non-hydrogen) atoms. The average molecular weight is 406 g/mol. The number of alkyl carbamates (subject to hydrolysis) is 1. The highest BCUT2D eigenvalue weighted by Crippen LogP contribution is 2.20. The molecule has 0 unspecified atom stereocenters. The maximum Gasteiger partial charge on any atom is 0.408 e. The molecule has 0 heterocycles. The number of carbonyl (C=O) groups excluding carboxylic acids is 2. The van der Waals surface area contributed by atoms with Crippen molar-refractivity contribution in [1.82, 2.24) is 5.32 Å². The van der Waals surface area contributed by atoms with Crippen LogP contribution >= 0.6 is 0 Å². The lowest BCUT2D eigenvalue weighted by atomic mass is 10.1. The third kappa shape index (κ3) is 10.0. The highest BCUT2D eigenvalue weighted by molar-refractivity contribution is 5.80. The first-order valence-corrected chi connectivity index (χ1v) is 9.13. The zero-order valence-corrected chi connectivity index (χ0v) is 16.8. The summed E-state index contributed by atoms with van der Waals surface area (Å²) in [5.41, 5.74) is 8.78. The Hall–Kier alpha value is -3.26. The molecule has 2 N–H and O–H groups in total. The Morgan fingerprint density at radius 2 is 1.93 bits per heavy atom. The first-order valence-electron chi connectivity index (χ1n) is 9.13. The predicted molar refractivity (Wildman–Crippen MR) is 104 cm³/mol. The average Bonchev–Trinajstić information content (AvgIpc) is 2.62. The molecule has 1 atom stereocenters. The quantitative estimate of drug-likeness (QED) is 0.195. The van der Waals surface area contributed by atoms with Gasteiger partial charge in [-0.05, 0) is 44.7 Å². The van der Waals surface area contributed by atoms with Gasteiger partial charge in [-0.1, -0.05) is 35.8 Å². The molecule has 0 saturated carbocycles. The van der Waals surface area contributed by atoms with E-state index >= 15 is 0 Å². The second-order valence-electron chi connectivity index (χ2n) is 7.26. The molecule has 0 saturated heterocycles. The monoisotopic (exact) mass is 406 g/mol. The number of aliphatic carboxylic acids is 1. The van der Waals surface area contributed by atoms with Gasteiger partial charge in [0.25, 0.3) is 0 Å². The van der Waals surface area contributed by atoms with Crippen molar-refractivity contribution in [3.8, 4) is 0 Å². The van der Waals surface area contributed by atoms with Crippen molar-refractivity contribution in [3.05, 3.63) is 40.3 Å². The van der Waals surface area contributed by atoms with Crippen LogP contribution in [-0.2, 0) is 25.7 Å². The number of esters is 1. The van der Waals surface area contributed by atoms with Crippen LogP contribution in [0.3, 0.4) is 0 Å². The van der Waals surface area contributed by atoms with E-state index in [0.29, 0.717) is 24.1 Å². The first kappa shape index (κ1) is 23.8. The number of unbranched alkanes of at least 4 members (excludes halogenated alkanes) is 1. The van der Waals surface area contributed by atoms with Gasteiger partial charge in [-0.2, -0.15) is 0 Å². The molecular weight excluding hydrogens is 380 g/mol. The van der Waals surface area contributed by atoms with Gasteiger partial charge in [0.2, 0.25) is 0 Å². The lowest BCUT2D eigenvalue weighted by molar-refractivity contribution is -0.145. The Morgan fingerprint density at radius 1 is 1.24 bits per heavy atom. The van der Waals surface area contributed by atoms with Crippen molar-refractivity contribution >= 4 is 23.7 Å². The van der Waals surface area contributed by atoms with Crippen LogP contribution < -0.4 is 5.32 Å². The molecule has 0 spiro atoms. The maximum absolute atomic E-state index is 11.9. The molecule has 0 radical (unpaired) electrons. The number of carbonyl (C=O) groups is 3. The van der Waals surface area contributed by atoms with Gasteiger partial charge in [0, 0.05) is 17.0 Å². The van der Waals surface area contributed by atoms with Crippen molar-refractivity contribution in [1.29, 1.82) is 0 Å². The molecule has 1 rings (SSSR count). The number of nitrogens with zero attached hydrogens (tertiary/aromatic N) is 3. The van der Waals surface area contributed by atoms with Gasteiger partial charge in [0.15, 0.2) is 0 Å². The Labute approximate surface area is 168 Å². The summed E-state index contributed by atoms with van der Waals surface area (Å²) in [5.74, 6) is -1.62. The summed E-state index contributed by atoms with van der Waals surface area (Å²) < 4.78 is 10.2. The normalized spacial score (nSPS) is 11.7. The smallest absolute Gasteiger partial charge is 0.408 e. The maximum atomic E-state index is 11.9. The number of nitrogens with one attached hydrogen (secondary N) is 1. The highest BCUT2D eigenvalue weighted by Gasteiger charge is 2.23. The summed E-state index contributed by atoms with van der Waals surface area (Å²) in [5, 5.41) is 15.1. The number of carboxylic acid groups (broad SMARTS) is 1. The van der Waals surface area contributed by atoms with Gasteiger partial charge in [-0.15, -0.1) is 0 Å². The number of hydrogen-bond donors (Lipinski definition) is 2. The summed E-state index contributed by atoms with van der Waals surface area (Å²) in [7, 11) is 0. The summed E-state index contributed by atoms with van der Waals surface area (Å²) in [6.45, 7) is 5.02. The van der Waals surface area contributed by atoms with Gasteiger partial charge in [0.1, 0.15) is 18.2 Å². The Kier molecular flexibility index (Phi) is 9.47. The number of hydrogen-bond acceptors (Lipinski definition) is 6. The Balaban J connectivity index is 2.38. The fourth-order valence-corrected chi connectivity index (χ4v) is 2.33. The first-order chi connectivity index (χ1) is 13.6. The number of benzene rings is 1. The van der Waals surface area contributed by atoms with Gasteiger partial charge in [-0.3, -0.25) is 4.79 Å². The molecule has 10 nitrogen and oxygen atoms in total. The minimum atomic E-state index is -1.17. The molecule has 0 aliphatic rings. The fourth-order valence-electron chi connectivity index (χ4n) is 2.33. The lowest BCUT2D eigenvalue weighted by Crippen LogP contribution is -2.43. The second kappa shape index (κ2) is 11.6. The van der Waals surface area contributed by atoms with Crippen LogP contribution in [-0.4, -0.2) is 34.8 Å². The predicted octanol–water partition coefficient (Wildman–Crippen LogP) is 4.21. The largest absolute Gasteiger partial charge is 0.480 e. The molecule has 0 fully saturated rings. The molecule has 10 heteroatoms. The van der Waals surface area contributed by atoms with Gasteiger partial charge in [-0.25, -0.2) is 9.59 Å². The number of azide groups is 1. The van der Waals surface area contributed by atoms with Crippen molar-refractivity contribution in [2.45, 2.75) is 64.7 Å². The SMILES string of the molecule is CC(C)(C)OC(=O)N[C@@H](CCCCC(=O)OCc1ccccc1N=[N+]=[N-])C(=O)O. The summed E-state index contributed by atoms with van der Waals surface area (Å²) in [4.78, 5) is 37.6. The minimum Gasteiger partial charge on any atom is -0.480 e. The molecule has 1 amide bonds. The fraction of sp³-hybridized carbons (Fsp3) is 0.526. The van der Waals surface area contributed by atoms with Crippen LogP contribution in [0.15, 0.2) is 29.4 Å². The standard InChI is InChI=1S/C19H26N4O6/c1-19(2,3)29-18(27)21-15(17(25)26)10-6-7-11-16(24)28-12-13-8-4-5-9-14(13)22-23-20/h4-5,8-9,15H,6-7,10-12H2,1-3H3,(H,21,27)(H,25,26)/t15-/m0/s1. The second-order valence-corrected chi connectivity index (χ2v) is 7.26. The third-order valence-electron chi connectivity index (χ3n) is 3.65. The molecule has 1 aromatic rings. The van der Waals surface area contributed by atoms with Crippen molar-refractivity contribution < 1.29 is 29.0 Å². The topological polar surface area (TPSA) is 151 Å².